The van der Waals surface area contributed by atoms with Crippen LogP contribution in [0.15, 0.2) is 53.5 Å². The summed E-state index contributed by atoms with van der Waals surface area (Å²) in [4.78, 5) is 25.0. The maximum atomic E-state index is 12.1. The van der Waals surface area contributed by atoms with Crippen molar-refractivity contribution in [3.63, 3.8) is 0 Å². The van der Waals surface area contributed by atoms with Crippen molar-refractivity contribution in [2.24, 2.45) is 5.14 Å². The molecular weight excluding hydrogens is 292 g/mol. The fourth-order valence-electron chi connectivity index (χ4n) is 1.49. The van der Waals surface area contributed by atoms with E-state index in [9.17, 15) is 18.0 Å². The van der Waals surface area contributed by atoms with Gasteiger partial charge >= 0.3 is 0 Å². The Hall–Kier alpha value is -2.25. The van der Waals surface area contributed by atoms with Crippen LogP contribution >= 0.6 is 0 Å². The van der Waals surface area contributed by atoms with Gasteiger partial charge in [-0.2, -0.15) is 0 Å². The Bertz CT molecular complexity index is 692. The van der Waals surface area contributed by atoms with Gasteiger partial charge in [-0.05, 0) is 38.1 Å². The molecule has 0 aromatic heterocycles. The summed E-state index contributed by atoms with van der Waals surface area (Å²) in [6, 6.07) is 5.08. The minimum atomic E-state index is -3.84. The molecule has 21 heavy (non-hydrogen) atoms. The van der Waals surface area contributed by atoms with Crippen molar-refractivity contribution in [1.82, 2.24) is 0 Å². The molecule has 2 amide bonds. The third-order valence-corrected chi connectivity index (χ3v) is 3.49. The predicted molar refractivity (Wildman–Crippen MR) is 79.9 cm³/mol. The minimum Gasteiger partial charge on any atom is -0.269 e. The van der Waals surface area contributed by atoms with Crippen LogP contribution in [-0.4, -0.2) is 20.2 Å². The molecule has 1 rings (SSSR count). The summed E-state index contributed by atoms with van der Waals surface area (Å²) in [6.45, 7) is 9.97. The van der Waals surface area contributed by atoms with E-state index in [0.29, 0.717) is 0 Å². The van der Waals surface area contributed by atoms with Crippen molar-refractivity contribution < 1.29 is 18.0 Å². The molecular formula is C14H16N2O4S. The molecule has 0 saturated heterocycles. The zero-order valence-electron chi connectivity index (χ0n) is 11.8. The van der Waals surface area contributed by atoms with E-state index in [1.807, 2.05) is 0 Å². The van der Waals surface area contributed by atoms with E-state index in [0.717, 1.165) is 4.90 Å². The van der Waals surface area contributed by atoms with Gasteiger partial charge in [0.1, 0.15) is 0 Å². The first-order chi connectivity index (χ1) is 9.55. The first-order valence-electron chi connectivity index (χ1n) is 5.88. The van der Waals surface area contributed by atoms with Crippen LogP contribution in [0.3, 0.4) is 0 Å². The first kappa shape index (κ1) is 16.8. The molecule has 7 heteroatoms. The zero-order valence-corrected chi connectivity index (χ0v) is 12.6. The van der Waals surface area contributed by atoms with Crippen molar-refractivity contribution in [3.8, 4) is 0 Å². The van der Waals surface area contributed by atoms with Gasteiger partial charge in [0, 0.05) is 11.1 Å². The van der Waals surface area contributed by atoms with Crippen molar-refractivity contribution in [2.45, 2.75) is 18.7 Å². The Morgan fingerprint density at radius 3 is 1.67 bits per heavy atom. The average Bonchev–Trinajstić information content (AvgIpc) is 2.38. The second-order valence-electron chi connectivity index (χ2n) is 4.55. The van der Waals surface area contributed by atoms with Gasteiger partial charge < -0.3 is 0 Å². The fourth-order valence-corrected chi connectivity index (χ4v) is 2.01. The van der Waals surface area contributed by atoms with Crippen LogP contribution in [0, 0.1) is 0 Å². The van der Waals surface area contributed by atoms with E-state index in [2.05, 4.69) is 13.2 Å². The fraction of sp³-hybridized carbons (Fsp3) is 0.143. The molecule has 0 bridgehead atoms. The van der Waals surface area contributed by atoms with E-state index < -0.39 is 21.8 Å². The highest BCUT2D eigenvalue weighted by atomic mass is 32.2. The number of nitrogens with zero attached hydrogens (tertiary/aromatic N) is 1. The van der Waals surface area contributed by atoms with Gasteiger partial charge in [-0.1, -0.05) is 13.2 Å². The first-order valence-corrected chi connectivity index (χ1v) is 7.43. The predicted octanol–water partition coefficient (Wildman–Crippen LogP) is 1.35. The molecule has 0 aliphatic rings. The van der Waals surface area contributed by atoms with E-state index in [-0.39, 0.29) is 21.7 Å². The molecule has 0 spiro atoms. The lowest BCUT2D eigenvalue weighted by atomic mass is 10.2. The average molecular weight is 308 g/mol. The molecule has 6 nitrogen and oxygen atoms in total. The van der Waals surface area contributed by atoms with Crippen molar-refractivity contribution in [2.75, 3.05) is 4.90 Å². The van der Waals surface area contributed by atoms with E-state index in [4.69, 9.17) is 5.14 Å². The highest BCUT2D eigenvalue weighted by molar-refractivity contribution is 7.89. The van der Waals surface area contributed by atoms with Crippen LogP contribution in [0.1, 0.15) is 13.8 Å². The molecule has 112 valence electrons. The van der Waals surface area contributed by atoms with Gasteiger partial charge in [0.25, 0.3) is 11.8 Å². The standard InChI is InChI=1S/C14H16N2O4S/c1-9(2)13(17)16(14(18)10(3)4)11-5-7-12(8-6-11)21(15,19)20/h5-8H,1,3H2,2,4H3,(H2,15,19,20). The number of anilines is 1. The third kappa shape index (κ3) is 3.87. The zero-order chi connectivity index (χ0) is 16.4. The van der Waals surface area contributed by atoms with Gasteiger partial charge in [-0.3, -0.25) is 9.59 Å². The summed E-state index contributed by atoms with van der Waals surface area (Å²) < 4.78 is 22.4. The number of primary sulfonamides is 1. The number of rotatable bonds is 4. The highest BCUT2D eigenvalue weighted by Crippen LogP contribution is 2.20. The maximum Gasteiger partial charge on any atom is 0.260 e. The number of carbonyl (C=O) groups is 2. The Morgan fingerprint density at radius 2 is 1.38 bits per heavy atom. The largest absolute Gasteiger partial charge is 0.269 e. The number of nitrogens with two attached hydrogens (primary N) is 1. The van der Waals surface area contributed by atoms with Crippen LogP contribution in [0.2, 0.25) is 0 Å². The van der Waals surface area contributed by atoms with Gasteiger partial charge in [0.2, 0.25) is 10.0 Å². The van der Waals surface area contributed by atoms with E-state index in [1.165, 1.54) is 38.1 Å². The van der Waals surface area contributed by atoms with E-state index >= 15 is 0 Å². The number of hydrogen-bond acceptors (Lipinski definition) is 4. The lowest BCUT2D eigenvalue weighted by Crippen LogP contribution is -2.37. The normalized spacial score (nSPS) is 10.8. The third-order valence-electron chi connectivity index (χ3n) is 2.56. The lowest BCUT2D eigenvalue weighted by molar-refractivity contribution is -0.122. The molecule has 0 fully saturated rings. The summed E-state index contributed by atoms with van der Waals surface area (Å²) in [6.07, 6.45) is 0. The minimum absolute atomic E-state index is 0.114. The summed E-state index contributed by atoms with van der Waals surface area (Å²) in [7, 11) is -3.84. The monoisotopic (exact) mass is 308 g/mol. The summed E-state index contributed by atoms with van der Waals surface area (Å²) in [5.41, 5.74) is 0.545. The Kier molecular flexibility index (Phi) is 4.82. The number of sulfonamides is 1. The number of amides is 2. The molecule has 0 aliphatic heterocycles. The summed E-state index contributed by atoms with van der Waals surface area (Å²) in [5, 5.41) is 5.00. The Labute approximate surface area is 123 Å². The number of hydrogen-bond donors (Lipinski definition) is 1. The molecule has 0 radical (unpaired) electrons. The molecule has 2 N–H and O–H groups in total. The van der Waals surface area contributed by atoms with Gasteiger partial charge in [-0.25, -0.2) is 18.5 Å². The molecule has 1 aromatic rings. The van der Waals surface area contributed by atoms with Gasteiger partial charge in [0.05, 0.1) is 10.6 Å². The Morgan fingerprint density at radius 1 is 1.00 bits per heavy atom. The van der Waals surface area contributed by atoms with Crippen LogP contribution in [0.5, 0.6) is 0 Å². The Balaban J connectivity index is 3.34. The summed E-state index contributed by atoms with van der Waals surface area (Å²) >= 11 is 0. The molecule has 1 aromatic carbocycles. The number of carbonyl (C=O) groups excluding carboxylic acids is 2. The number of imide groups is 1. The van der Waals surface area contributed by atoms with Crippen molar-refractivity contribution >= 4 is 27.5 Å². The van der Waals surface area contributed by atoms with Gasteiger partial charge in [0.15, 0.2) is 0 Å². The SMILES string of the molecule is C=C(C)C(=O)N(C(=O)C(=C)C)c1ccc(S(N)(=O)=O)cc1. The highest BCUT2D eigenvalue weighted by Gasteiger charge is 2.24. The van der Waals surface area contributed by atoms with Crippen LogP contribution < -0.4 is 10.0 Å². The molecule has 0 saturated carbocycles. The van der Waals surface area contributed by atoms with Crippen molar-refractivity contribution in [3.05, 3.63) is 48.6 Å². The molecule has 0 aliphatic carbocycles. The topological polar surface area (TPSA) is 97.5 Å². The lowest BCUT2D eigenvalue weighted by Gasteiger charge is -2.21. The molecule has 0 unspecified atom stereocenters. The molecule has 0 heterocycles. The van der Waals surface area contributed by atoms with Crippen LogP contribution in [0.4, 0.5) is 5.69 Å². The van der Waals surface area contributed by atoms with Crippen molar-refractivity contribution in [1.29, 1.82) is 0 Å². The van der Waals surface area contributed by atoms with Gasteiger partial charge in [-0.15, -0.1) is 0 Å². The van der Waals surface area contributed by atoms with E-state index in [1.54, 1.807) is 0 Å². The van der Waals surface area contributed by atoms with Crippen LogP contribution in [-0.2, 0) is 19.6 Å². The smallest absolute Gasteiger partial charge is 0.260 e. The molecule has 0 atom stereocenters. The number of benzene rings is 1. The maximum absolute atomic E-state index is 12.1. The second-order valence-corrected chi connectivity index (χ2v) is 6.11. The quantitative estimate of drug-likeness (QED) is 0.849. The van der Waals surface area contributed by atoms with Crippen LogP contribution in [0.25, 0.3) is 0 Å². The summed E-state index contributed by atoms with van der Waals surface area (Å²) in [5.74, 6) is -1.18. The second kappa shape index (κ2) is 6.02.